The summed E-state index contributed by atoms with van der Waals surface area (Å²) in [4.78, 5) is 8.76. The van der Waals surface area contributed by atoms with Gasteiger partial charge >= 0.3 is 0 Å². The molecular formula is C13H17N3O. The predicted molar refractivity (Wildman–Crippen MR) is 63.5 cm³/mol. The van der Waals surface area contributed by atoms with Crippen LogP contribution in [0.1, 0.15) is 44.1 Å². The highest BCUT2D eigenvalue weighted by atomic mass is 16.5. The minimum absolute atomic E-state index is 0.444. The van der Waals surface area contributed by atoms with E-state index < -0.39 is 5.41 Å². The third kappa shape index (κ3) is 2.62. The monoisotopic (exact) mass is 231 g/mol. The topological polar surface area (TPSA) is 58.8 Å². The van der Waals surface area contributed by atoms with Crippen LogP contribution in [0.25, 0.3) is 0 Å². The lowest BCUT2D eigenvalue weighted by Crippen LogP contribution is -2.21. The number of nitrogens with zero attached hydrogens (tertiary/aromatic N) is 3. The Labute approximate surface area is 102 Å². The maximum atomic E-state index is 9.10. The van der Waals surface area contributed by atoms with Gasteiger partial charge in [-0.15, -0.1) is 0 Å². The van der Waals surface area contributed by atoms with Crippen molar-refractivity contribution >= 4 is 0 Å². The van der Waals surface area contributed by atoms with Gasteiger partial charge in [-0.3, -0.25) is 0 Å². The van der Waals surface area contributed by atoms with Crippen molar-refractivity contribution in [2.24, 2.45) is 0 Å². The molecule has 1 aromatic heterocycles. The van der Waals surface area contributed by atoms with Crippen LogP contribution in [0.3, 0.4) is 0 Å². The van der Waals surface area contributed by atoms with Crippen molar-refractivity contribution in [2.75, 3.05) is 13.2 Å². The zero-order chi connectivity index (χ0) is 12.3. The number of rotatable bonds is 2. The Hall–Kier alpha value is -1.47. The fraction of sp³-hybridized carbons (Fsp3) is 0.615. The second-order valence-electron chi connectivity index (χ2n) is 4.93. The molecule has 1 saturated heterocycles. The lowest BCUT2D eigenvalue weighted by Gasteiger charge is -2.22. The molecular weight excluding hydrogens is 214 g/mol. The minimum Gasteiger partial charge on any atom is -0.381 e. The van der Waals surface area contributed by atoms with E-state index in [1.54, 1.807) is 6.20 Å². The largest absolute Gasteiger partial charge is 0.381 e. The van der Waals surface area contributed by atoms with Gasteiger partial charge in [0.1, 0.15) is 11.2 Å². The summed E-state index contributed by atoms with van der Waals surface area (Å²) in [5.74, 6) is 1.06. The molecule has 1 aromatic rings. The summed E-state index contributed by atoms with van der Waals surface area (Å²) < 4.78 is 5.34. The van der Waals surface area contributed by atoms with Crippen molar-refractivity contribution in [3.8, 4) is 6.07 Å². The van der Waals surface area contributed by atoms with Gasteiger partial charge in [-0.1, -0.05) is 0 Å². The Morgan fingerprint density at radius 3 is 2.76 bits per heavy atom. The van der Waals surface area contributed by atoms with Crippen molar-refractivity contribution in [1.29, 1.82) is 5.26 Å². The lowest BCUT2D eigenvalue weighted by atomic mass is 9.93. The zero-order valence-electron chi connectivity index (χ0n) is 10.3. The standard InChI is InChI=1S/C13H17N3O/c1-13(2,9-14)12-15-6-3-11(16-12)10-4-7-17-8-5-10/h3,6,10H,4-5,7-8H2,1-2H3. The van der Waals surface area contributed by atoms with Crippen LogP contribution >= 0.6 is 0 Å². The Morgan fingerprint density at radius 1 is 1.41 bits per heavy atom. The highest BCUT2D eigenvalue weighted by Crippen LogP contribution is 2.26. The van der Waals surface area contributed by atoms with E-state index in [1.807, 2.05) is 19.9 Å². The highest BCUT2D eigenvalue weighted by Gasteiger charge is 2.25. The summed E-state index contributed by atoms with van der Waals surface area (Å²) in [7, 11) is 0. The van der Waals surface area contributed by atoms with Crippen LogP contribution in [-0.4, -0.2) is 23.2 Å². The predicted octanol–water partition coefficient (Wildman–Crippen LogP) is 2.17. The van der Waals surface area contributed by atoms with Crippen LogP contribution in [0.5, 0.6) is 0 Å². The molecule has 0 amide bonds. The fourth-order valence-electron chi connectivity index (χ4n) is 1.94. The molecule has 1 aliphatic rings. The second kappa shape index (κ2) is 4.80. The first-order valence-corrected chi connectivity index (χ1v) is 5.96. The van der Waals surface area contributed by atoms with E-state index in [0.717, 1.165) is 31.7 Å². The molecule has 4 nitrogen and oxygen atoms in total. The molecule has 1 aliphatic heterocycles. The number of aromatic nitrogens is 2. The van der Waals surface area contributed by atoms with Gasteiger partial charge in [0.25, 0.3) is 0 Å². The van der Waals surface area contributed by atoms with Gasteiger partial charge in [0.15, 0.2) is 0 Å². The van der Waals surface area contributed by atoms with Crippen molar-refractivity contribution in [2.45, 2.75) is 38.0 Å². The average Bonchev–Trinajstić information content (AvgIpc) is 2.40. The second-order valence-corrected chi connectivity index (χ2v) is 4.93. The SMILES string of the molecule is CC(C)(C#N)c1nccc(C2CCOCC2)n1. The van der Waals surface area contributed by atoms with Gasteiger partial charge in [-0.05, 0) is 32.8 Å². The number of ether oxygens (including phenoxy) is 1. The Kier molecular flexibility index (Phi) is 3.39. The Balaban J connectivity index is 2.25. The van der Waals surface area contributed by atoms with Gasteiger partial charge in [-0.25, -0.2) is 9.97 Å². The van der Waals surface area contributed by atoms with Crippen LogP contribution in [0.4, 0.5) is 0 Å². The number of hydrogen-bond acceptors (Lipinski definition) is 4. The molecule has 0 aliphatic carbocycles. The molecule has 17 heavy (non-hydrogen) atoms. The van der Waals surface area contributed by atoms with Crippen LogP contribution < -0.4 is 0 Å². The third-order valence-electron chi connectivity index (χ3n) is 3.16. The smallest absolute Gasteiger partial charge is 0.148 e. The van der Waals surface area contributed by atoms with Gasteiger partial charge in [-0.2, -0.15) is 5.26 Å². The highest BCUT2D eigenvalue weighted by molar-refractivity contribution is 5.19. The third-order valence-corrected chi connectivity index (χ3v) is 3.16. The molecule has 2 rings (SSSR count). The van der Waals surface area contributed by atoms with E-state index in [0.29, 0.717) is 11.7 Å². The molecule has 0 unspecified atom stereocenters. The first-order valence-electron chi connectivity index (χ1n) is 5.96. The molecule has 0 aromatic carbocycles. The summed E-state index contributed by atoms with van der Waals surface area (Å²) in [6.07, 6.45) is 3.76. The summed E-state index contributed by atoms with van der Waals surface area (Å²) >= 11 is 0. The number of hydrogen-bond donors (Lipinski definition) is 0. The molecule has 4 heteroatoms. The van der Waals surface area contributed by atoms with E-state index in [9.17, 15) is 0 Å². The molecule has 0 spiro atoms. The van der Waals surface area contributed by atoms with Crippen molar-refractivity contribution in [3.63, 3.8) is 0 Å². The first-order chi connectivity index (χ1) is 8.13. The van der Waals surface area contributed by atoms with Crippen molar-refractivity contribution in [1.82, 2.24) is 9.97 Å². The zero-order valence-corrected chi connectivity index (χ0v) is 10.3. The van der Waals surface area contributed by atoms with Crippen molar-refractivity contribution < 1.29 is 4.74 Å². The Morgan fingerprint density at radius 2 is 2.12 bits per heavy atom. The Bertz CT molecular complexity index is 431. The summed E-state index contributed by atoms with van der Waals surface area (Å²) in [5.41, 5.74) is 0.419. The molecule has 2 heterocycles. The van der Waals surface area contributed by atoms with E-state index >= 15 is 0 Å². The van der Waals surface area contributed by atoms with E-state index in [1.165, 1.54) is 0 Å². The van der Waals surface area contributed by atoms with Crippen LogP contribution in [0.2, 0.25) is 0 Å². The van der Waals surface area contributed by atoms with Gasteiger partial charge in [0.05, 0.1) is 6.07 Å². The van der Waals surface area contributed by atoms with Gasteiger partial charge in [0.2, 0.25) is 0 Å². The summed E-state index contributed by atoms with van der Waals surface area (Å²) in [6, 6.07) is 4.19. The summed E-state index contributed by atoms with van der Waals surface area (Å²) in [5, 5.41) is 9.10. The average molecular weight is 231 g/mol. The number of nitriles is 1. The van der Waals surface area contributed by atoms with E-state index in [4.69, 9.17) is 10.00 Å². The van der Waals surface area contributed by atoms with E-state index in [2.05, 4.69) is 16.0 Å². The van der Waals surface area contributed by atoms with Gasteiger partial charge in [0, 0.05) is 31.0 Å². The maximum absolute atomic E-state index is 9.10. The van der Waals surface area contributed by atoms with Crippen LogP contribution in [0, 0.1) is 11.3 Å². The van der Waals surface area contributed by atoms with Crippen molar-refractivity contribution in [3.05, 3.63) is 23.8 Å². The molecule has 0 radical (unpaired) electrons. The van der Waals surface area contributed by atoms with Crippen LogP contribution in [0.15, 0.2) is 12.3 Å². The van der Waals surface area contributed by atoms with Crippen LogP contribution in [-0.2, 0) is 10.2 Å². The summed E-state index contributed by atoms with van der Waals surface area (Å²) in [6.45, 7) is 5.28. The molecule has 0 saturated carbocycles. The fourth-order valence-corrected chi connectivity index (χ4v) is 1.94. The minimum atomic E-state index is -0.624. The molecule has 1 fully saturated rings. The molecule has 0 atom stereocenters. The van der Waals surface area contributed by atoms with E-state index in [-0.39, 0.29) is 0 Å². The lowest BCUT2D eigenvalue weighted by molar-refractivity contribution is 0.0844. The van der Waals surface area contributed by atoms with Gasteiger partial charge < -0.3 is 4.74 Å². The maximum Gasteiger partial charge on any atom is 0.148 e. The first kappa shape index (κ1) is 12.0. The normalized spacial score (nSPS) is 17.7. The quantitative estimate of drug-likeness (QED) is 0.782. The molecule has 0 bridgehead atoms. The molecule has 90 valence electrons. The molecule has 0 N–H and O–H groups in total.